The van der Waals surface area contributed by atoms with Crippen LogP contribution < -0.4 is 9.47 Å². The maximum atomic E-state index is 13.2. The molecule has 32 heavy (non-hydrogen) atoms. The number of carbonyl (C=O) groups excluding carboxylic acids is 1. The average molecular weight is 457 g/mol. The van der Waals surface area contributed by atoms with Gasteiger partial charge in [-0.05, 0) is 30.7 Å². The molecule has 2 heterocycles. The summed E-state index contributed by atoms with van der Waals surface area (Å²) in [5.41, 5.74) is 1.30. The van der Waals surface area contributed by atoms with Gasteiger partial charge < -0.3 is 18.9 Å². The van der Waals surface area contributed by atoms with Crippen molar-refractivity contribution in [1.29, 1.82) is 0 Å². The van der Waals surface area contributed by atoms with Crippen LogP contribution in [-0.2, 0) is 6.54 Å². The van der Waals surface area contributed by atoms with Gasteiger partial charge in [-0.1, -0.05) is 35.0 Å². The summed E-state index contributed by atoms with van der Waals surface area (Å²) in [6.07, 6.45) is 0.833. The lowest BCUT2D eigenvalue weighted by Gasteiger charge is -2.22. The molecule has 0 atom stereocenters. The van der Waals surface area contributed by atoms with E-state index in [1.165, 1.54) is 14.2 Å². The van der Waals surface area contributed by atoms with Crippen LogP contribution in [-0.4, -0.2) is 66.2 Å². The Bertz CT molecular complexity index is 1070. The van der Waals surface area contributed by atoms with Crippen molar-refractivity contribution in [2.75, 3.05) is 40.4 Å². The van der Waals surface area contributed by atoms with Gasteiger partial charge in [0.2, 0.25) is 0 Å². The molecule has 9 heteroatoms. The summed E-state index contributed by atoms with van der Waals surface area (Å²) in [4.78, 5) is 21.7. The second-order valence-electron chi connectivity index (χ2n) is 7.47. The predicted molar refractivity (Wildman–Crippen MR) is 120 cm³/mol. The first-order valence-electron chi connectivity index (χ1n) is 10.4. The largest absolute Gasteiger partial charge is 0.493 e. The fraction of sp³-hybridized carbons (Fsp3) is 0.348. The molecule has 2 aromatic carbocycles. The van der Waals surface area contributed by atoms with E-state index in [1.807, 2.05) is 35.2 Å². The monoisotopic (exact) mass is 456 g/mol. The van der Waals surface area contributed by atoms with E-state index in [9.17, 15) is 4.79 Å². The highest BCUT2D eigenvalue weighted by molar-refractivity contribution is 6.35. The van der Waals surface area contributed by atoms with E-state index in [0.29, 0.717) is 55.0 Å². The number of nitrogens with zero attached hydrogens (tertiary/aromatic N) is 4. The zero-order valence-electron chi connectivity index (χ0n) is 18.1. The van der Waals surface area contributed by atoms with Gasteiger partial charge in [0.05, 0.1) is 31.4 Å². The first kappa shape index (κ1) is 22.1. The molecule has 0 saturated carbocycles. The van der Waals surface area contributed by atoms with Crippen LogP contribution in [0, 0.1) is 0 Å². The van der Waals surface area contributed by atoms with Crippen LogP contribution >= 0.6 is 11.6 Å². The molecule has 3 aromatic rings. The quantitative estimate of drug-likeness (QED) is 0.558. The van der Waals surface area contributed by atoms with E-state index in [0.717, 1.165) is 18.5 Å². The highest BCUT2D eigenvalue weighted by atomic mass is 35.5. The van der Waals surface area contributed by atoms with E-state index >= 15 is 0 Å². The molecular formula is C23H25ClN4O4. The number of ether oxygens (including phenoxy) is 2. The van der Waals surface area contributed by atoms with Gasteiger partial charge in [-0.25, -0.2) is 0 Å². The van der Waals surface area contributed by atoms with Crippen molar-refractivity contribution >= 4 is 17.5 Å². The number of aromatic nitrogens is 2. The summed E-state index contributed by atoms with van der Waals surface area (Å²) >= 11 is 6.45. The number of rotatable bonds is 6. The lowest BCUT2D eigenvalue weighted by atomic mass is 10.1. The summed E-state index contributed by atoms with van der Waals surface area (Å²) < 4.78 is 16.0. The minimum absolute atomic E-state index is 0.122. The fourth-order valence-corrected chi connectivity index (χ4v) is 4.09. The molecular weight excluding hydrogens is 432 g/mol. The van der Waals surface area contributed by atoms with Gasteiger partial charge in [-0.3, -0.25) is 9.69 Å². The van der Waals surface area contributed by atoms with E-state index in [2.05, 4.69) is 15.0 Å². The molecule has 1 aromatic heterocycles. The molecule has 0 unspecified atom stereocenters. The van der Waals surface area contributed by atoms with Crippen molar-refractivity contribution < 1.29 is 18.8 Å². The average Bonchev–Trinajstić information content (AvgIpc) is 3.16. The van der Waals surface area contributed by atoms with Gasteiger partial charge in [-0.15, -0.1) is 0 Å². The summed E-state index contributed by atoms with van der Waals surface area (Å²) in [6.45, 7) is 3.31. The van der Waals surface area contributed by atoms with E-state index in [-0.39, 0.29) is 10.9 Å². The summed E-state index contributed by atoms with van der Waals surface area (Å²) in [7, 11) is 3.04. The van der Waals surface area contributed by atoms with Gasteiger partial charge in [0.15, 0.2) is 17.3 Å². The Balaban J connectivity index is 1.40. The number of halogens is 1. The molecule has 1 amide bonds. The topological polar surface area (TPSA) is 80.9 Å². The van der Waals surface area contributed by atoms with Crippen molar-refractivity contribution in [3.05, 3.63) is 58.9 Å². The zero-order valence-corrected chi connectivity index (χ0v) is 18.8. The lowest BCUT2D eigenvalue weighted by Crippen LogP contribution is -2.35. The van der Waals surface area contributed by atoms with Crippen molar-refractivity contribution in [2.24, 2.45) is 0 Å². The third kappa shape index (κ3) is 4.71. The van der Waals surface area contributed by atoms with Gasteiger partial charge >= 0.3 is 0 Å². The maximum absolute atomic E-state index is 13.2. The Hall–Kier alpha value is -3.10. The molecule has 4 rings (SSSR count). The Morgan fingerprint density at radius 2 is 1.88 bits per heavy atom. The Kier molecular flexibility index (Phi) is 6.92. The Labute approximate surface area is 191 Å². The first-order valence-corrected chi connectivity index (χ1v) is 10.8. The van der Waals surface area contributed by atoms with Crippen LogP contribution in [0.25, 0.3) is 11.5 Å². The van der Waals surface area contributed by atoms with Crippen LogP contribution in [0.3, 0.4) is 0 Å². The highest BCUT2D eigenvalue weighted by Crippen LogP contribution is 2.37. The maximum Gasteiger partial charge on any atom is 0.257 e. The Morgan fingerprint density at radius 3 is 2.62 bits per heavy atom. The van der Waals surface area contributed by atoms with Crippen LogP contribution in [0.4, 0.5) is 0 Å². The highest BCUT2D eigenvalue weighted by Gasteiger charge is 2.25. The smallest absolute Gasteiger partial charge is 0.257 e. The molecule has 0 spiro atoms. The molecule has 1 aliphatic rings. The lowest BCUT2D eigenvalue weighted by molar-refractivity contribution is 0.0760. The number of amides is 1. The number of hydrogen-bond acceptors (Lipinski definition) is 7. The molecule has 1 fully saturated rings. The third-order valence-corrected chi connectivity index (χ3v) is 5.82. The molecule has 1 aliphatic heterocycles. The zero-order chi connectivity index (χ0) is 22.5. The number of carbonyl (C=O) groups is 1. The van der Waals surface area contributed by atoms with E-state index < -0.39 is 0 Å². The SMILES string of the molecule is COc1ccc(C(=O)N2CCCN(Cc3noc(-c4ccccc4)n3)CC2)c(Cl)c1OC. The number of methoxy groups -OCH3 is 2. The molecule has 0 N–H and O–H groups in total. The summed E-state index contributed by atoms with van der Waals surface area (Å²) in [5, 5.41) is 4.38. The molecule has 0 aliphatic carbocycles. The fourth-order valence-electron chi connectivity index (χ4n) is 3.77. The first-order chi connectivity index (χ1) is 15.6. The second-order valence-corrected chi connectivity index (χ2v) is 7.84. The number of hydrogen-bond donors (Lipinski definition) is 0. The minimum atomic E-state index is -0.122. The van der Waals surface area contributed by atoms with E-state index in [4.69, 9.17) is 25.6 Å². The van der Waals surface area contributed by atoms with Crippen LogP contribution in [0.5, 0.6) is 11.5 Å². The van der Waals surface area contributed by atoms with Crippen molar-refractivity contribution in [1.82, 2.24) is 19.9 Å². The van der Waals surface area contributed by atoms with Crippen LogP contribution in [0.15, 0.2) is 47.0 Å². The molecule has 1 saturated heterocycles. The van der Waals surface area contributed by atoms with Gasteiger partial charge in [0.25, 0.3) is 11.8 Å². The molecule has 168 valence electrons. The van der Waals surface area contributed by atoms with Gasteiger partial charge in [0.1, 0.15) is 0 Å². The Morgan fingerprint density at radius 1 is 1.06 bits per heavy atom. The van der Waals surface area contributed by atoms with Crippen molar-refractivity contribution in [2.45, 2.75) is 13.0 Å². The summed E-state index contributed by atoms with van der Waals surface area (Å²) in [6, 6.07) is 13.1. The third-order valence-electron chi connectivity index (χ3n) is 5.45. The minimum Gasteiger partial charge on any atom is -0.493 e. The molecule has 8 nitrogen and oxygen atoms in total. The molecule has 0 bridgehead atoms. The van der Waals surface area contributed by atoms with Crippen molar-refractivity contribution in [3.63, 3.8) is 0 Å². The van der Waals surface area contributed by atoms with Crippen molar-refractivity contribution in [3.8, 4) is 23.0 Å². The normalized spacial score (nSPS) is 14.8. The number of benzene rings is 2. The van der Waals surface area contributed by atoms with Gasteiger partial charge in [-0.2, -0.15) is 4.98 Å². The second kappa shape index (κ2) is 10.0. The standard InChI is InChI=1S/C23H25ClN4O4/c1-30-18-10-9-17(20(24)21(18)31-2)23(29)28-12-6-11-27(13-14-28)15-19-25-22(32-26-19)16-7-4-3-5-8-16/h3-5,7-10H,6,11-15H2,1-2H3. The molecule has 0 radical (unpaired) electrons. The predicted octanol–water partition coefficient (Wildman–Crippen LogP) is 3.76. The van der Waals surface area contributed by atoms with Gasteiger partial charge in [0, 0.05) is 31.7 Å². The van der Waals surface area contributed by atoms with Crippen LogP contribution in [0.2, 0.25) is 5.02 Å². The van der Waals surface area contributed by atoms with E-state index in [1.54, 1.807) is 12.1 Å². The van der Waals surface area contributed by atoms with Crippen LogP contribution in [0.1, 0.15) is 22.6 Å². The summed E-state index contributed by atoms with van der Waals surface area (Å²) in [5.74, 6) is 1.87.